The van der Waals surface area contributed by atoms with Gasteiger partial charge in [0.25, 0.3) is 0 Å². The van der Waals surface area contributed by atoms with Gasteiger partial charge in [0.1, 0.15) is 6.54 Å². The summed E-state index contributed by atoms with van der Waals surface area (Å²) in [5.74, 6) is -1.46. The quantitative estimate of drug-likeness (QED) is 0.770. The number of aromatic nitrogens is 2. The van der Waals surface area contributed by atoms with E-state index >= 15 is 0 Å². The van der Waals surface area contributed by atoms with Crippen molar-refractivity contribution in [3.05, 3.63) is 48.2 Å². The number of nitrogens with zero attached hydrogens (tertiary/aromatic N) is 3. The van der Waals surface area contributed by atoms with Crippen LogP contribution in [0.1, 0.15) is 12.0 Å². The minimum atomic E-state index is -1.01. The molecule has 1 aliphatic rings. The molecule has 0 aliphatic carbocycles. The van der Waals surface area contributed by atoms with Crippen LogP contribution in [0.5, 0.6) is 0 Å². The number of carboxylic acids is 1. The molecule has 1 aliphatic heterocycles. The van der Waals surface area contributed by atoms with Crippen molar-refractivity contribution in [1.29, 1.82) is 0 Å². The molecule has 8 heteroatoms. The number of hydrogen-bond acceptors (Lipinski definition) is 4. The molecule has 8 nitrogen and oxygen atoms in total. The predicted molar refractivity (Wildman–Crippen MR) is 93.3 cm³/mol. The van der Waals surface area contributed by atoms with Crippen LogP contribution >= 0.6 is 0 Å². The van der Waals surface area contributed by atoms with Crippen LogP contribution in [0.15, 0.2) is 42.6 Å². The lowest BCUT2D eigenvalue weighted by molar-refractivity contribution is -0.138. The lowest BCUT2D eigenvalue weighted by Crippen LogP contribution is -2.30. The maximum absolute atomic E-state index is 12.4. The van der Waals surface area contributed by atoms with Crippen molar-refractivity contribution in [2.45, 2.75) is 19.4 Å². The molecule has 1 aromatic heterocycles. The molecule has 2 N–H and O–H groups in total. The van der Waals surface area contributed by atoms with Gasteiger partial charge in [-0.25, -0.2) is 0 Å². The van der Waals surface area contributed by atoms with Crippen molar-refractivity contribution in [3.8, 4) is 0 Å². The molecule has 2 aromatic rings. The number of likely N-dealkylation sites (tertiary alicyclic amines) is 1. The van der Waals surface area contributed by atoms with Gasteiger partial charge >= 0.3 is 5.97 Å². The number of carboxylic acid groups (broad SMARTS) is 1. The van der Waals surface area contributed by atoms with Crippen LogP contribution < -0.4 is 5.32 Å². The molecule has 3 rings (SSSR count). The highest BCUT2D eigenvalue weighted by atomic mass is 16.4. The third-order valence-corrected chi connectivity index (χ3v) is 4.29. The highest BCUT2D eigenvalue weighted by molar-refractivity contribution is 5.96. The molecule has 2 amide bonds. The molecule has 0 radical (unpaired) electrons. The molecule has 1 unspecified atom stereocenters. The fraction of sp³-hybridized carbons (Fsp3) is 0.333. The number of nitrogens with one attached hydrogen (secondary N) is 1. The van der Waals surface area contributed by atoms with Gasteiger partial charge in [-0.3, -0.25) is 19.1 Å². The summed E-state index contributed by atoms with van der Waals surface area (Å²) in [4.78, 5) is 36.9. The zero-order valence-electron chi connectivity index (χ0n) is 14.2. The first-order valence-corrected chi connectivity index (χ1v) is 8.39. The molecule has 2 heterocycles. The lowest BCUT2D eigenvalue weighted by Gasteiger charge is -2.16. The number of carbonyl (C=O) groups is 3. The number of aliphatic carboxylic acids is 1. The second-order valence-corrected chi connectivity index (χ2v) is 6.26. The third kappa shape index (κ3) is 4.47. The number of rotatable bonds is 7. The minimum Gasteiger partial charge on any atom is -0.480 e. The monoisotopic (exact) mass is 356 g/mol. The van der Waals surface area contributed by atoms with Gasteiger partial charge in [-0.15, -0.1) is 0 Å². The van der Waals surface area contributed by atoms with Crippen LogP contribution in [-0.2, 0) is 27.3 Å². The lowest BCUT2D eigenvalue weighted by atomic mass is 10.1. The standard InChI is InChI=1S/C18H20N4O4/c23-16-10-14(11-21(16)8-6-13-4-2-1-3-5-13)18(26)19-15-7-9-22(20-15)12-17(24)25/h1-5,7,9,14H,6,8,10-12H2,(H,24,25)(H,19,20,26). The number of carbonyl (C=O) groups excluding carboxylic acids is 2. The summed E-state index contributed by atoms with van der Waals surface area (Å²) in [6.45, 7) is 0.693. The van der Waals surface area contributed by atoms with Crippen LogP contribution in [-0.4, -0.2) is 50.7 Å². The van der Waals surface area contributed by atoms with Crippen molar-refractivity contribution >= 4 is 23.6 Å². The zero-order valence-corrected chi connectivity index (χ0v) is 14.2. The first-order valence-electron chi connectivity index (χ1n) is 8.39. The third-order valence-electron chi connectivity index (χ3n) is 4.29. The van der Waals surface area contributed by atoms with Crippen molar-refractivity contribution in [1.82, 2.24) is 14.7 Å². The molecular weight excluding hydrogens is 336 g/mol. The fourth-order valence-corrected chi connectivity index (χ4v) is 2.96. The smallest absolute Gasteiger partial charge is 0.325 e. The Morgan fingerprint density at radius 3 is 2.73 bits per heavy atom. The Balaban J connectivity index is 1.51. The average molecular weight is 356 g/mol. The summed E-state index contributed by atoms with van der Waals surface area (Å²) in [6.07, 6.45) is 2.41. The molecule has 1 aromatic carbocycles. The van der Waals surface area contributed by atoms with Gasteiger partial charge in [0, 0.05) is 31.8 Å². The summed E-state index contributed by atoms with van der Waals surface area (Å²) < 4.78 is 1.23. The Morgan fingerprint density at radius 1 is 1.23 bits per heavy atom. The normalized spacial score (nSPS) is 16.7. The minimum absolute atomic E-state index is 0.0301. The predicted octanol–water partition coefficient (Wildman–Crippen LogP) is 0.997. The van der Waals surface area contributed by atoms with Gasteiger partial charge in [0.2, 0.25) is 11.8 Å². The summed E-state index contributed by atoms with van der Waals surface area (Å²) in [7, 11) is 0. The highest BCUT2D eigenvalue weighted by Crippen LogP contribution is 2.20. The van der Waals surface area contributed by atoms with Crippen LogP contribution in [0.25, 0.3) is 0 Å². The van der Waals surface area contributed by atoms with E-state index in [1.54, 1.807) is 4.90 Å². The van der Waals surface area contributed by atoms with Crippen molar-refractivity contribution in [2.24, 2.45) is 5.92 Å². The number of benzene rings is 1. The number of hydrogen-bond donors (Lipinski definition) is 2. The van der Waals surface area contributed by atoms with Gasteiger partial charge in [-0.2, -0.15) is 5.10 Å². The topological polar surface area (TPSA) is 105 Å². The molecule has 1 atom stereocenters. The number of amides is 2. The molecule has 0 spiro atoms. The SMILES string of the molecule is O=C(O)Cn1ccc(NC(=O)C2CC(=O)N(CCc3ccccc3)C2)n1. The molecule has 1 saturated heterocycles. The van der Waals surface area contributed by atoms with Gasteiger partial charge in [-0.05, 0) is 12.0 Å². The van der Waals surface area contributed by atoms with E-state index in [1.165, 1.54) is 16.9 Å². The maximum atomic E-state index is 12.4. The summed E-state index contributed by atoms with van der Waals surface area (Å²) in [5.41, 5.74) is 1.15. The van der Waals surface area contributed by atoms with Crippen molar-refractivity contribution < 1.29 is 19.5 Å². The van der Waals surface area contributed by atoms with Crippen LogP contribution in [0, 0.1) is 5.92 Å². The van der Waals surface area contributed by atoms with Crippen LogP contribution in [0.3, 0.4) is 0 Å². The van der Waals surface area contributed by atoms with E-state index < -0.39 is 11.9 Å². The summed E-state index contributed by atoms with van der Waals surface area (Å²) >= 11 is 0. The second-order valence-electron chi connectivity index (χ2n) is 6.26. The Morgan fingerprint density at radius 2 is 2.00 bits per heavy atom. The Kier molecular flexibility index (Phi) is 5.31. The van der Waals surface area contributed by atoms with E-state index in [-0.39, 0.29) is 30.6 Å². The van der Waals surface area contributed by atoms with E-state index in [9.17, 15) is 14.4 Å². The van der Waals surface area contributed by atoms with E-state index in [0.29, 0.717) is 13.1 Å². The van der Waals surface area contributed by atoms with E-state index in [2.05, 4.69) is 10.4 Å². The van der Waals surface area contributed by atoms with Gasteiger partial charge in [0.05, 0.1) is 5.92 Å². The van der Waals surface area contributed by atoms with Gasteiger partial charge < -0.3 is 15.3 Å². The van der Waals surface area contributed by atoms with Gasteiger partial charge in [0.15, 0.2) is 5.82 Å². The summed E-state index contributed by atoms with van der Waals surface area (Å²) in [5, 5.41) is 15.4. The molecule has 136 valence electrons. The largest absolute Gasteiger partial charge is 0.480 e. The van der Waals surface area contributed by atoms with E-state index in [1.807, 2.05) is 30.3 Å². The molecule has 1 fully saturated rings. The van der Waals surface area contributed by atoms with E-state index in [4.69, 9.17) is 5.11 Å². The first-order chi connectivity index (χ1) is 12.5. The van der Waals surface area contributed by atoms with E-state index in [0.717, 1.165) is 12.0 Å². The summed E-state index contributed by atoms with van der Waals surface area (Å²) in [6, 6.07) is 11.4. The maximum Gasteiger partial charge on any atom is 0.325 e. The Hall–Kier alpha value is -3.16. The molecule has 0 bridgehead atoms. The Labute approximate surface area is 150 Å². The van der Waals surface area contributed by atoms with Crippen LogP contribution in [0.2, 0.25) is 0 Å². The average Bonchev–Trinajstić information content (AvgIpc) is 3.20. The zero-order chi connectivity index (χ0) is 18.5. The van der Waals surface area contributed by atoms with Crippen molar-refractivity contribution in [2.75, 3.05) is 18.4 Å². The van der Waals surface area contributed by atoms with Crippen molar-refractivity contribution in [3.63, 3.8) is 0 Å². The molecule has 0 saturated carbocycles. The van der Waals surface area contributed by atoms with Gasteiger partial charge in [-0.1, -0.05) is 30.3 Å². The Bertz CT molecular complexity index is 803. The van der Waals surface area contributed by atoms with Crippen LogP contribution in [0.4, 0.5) is 5.82 Å². The second kappa shape index (κ2) is 7.81. The first kappa shape index (κ1) is 17.7. The fourth-order valence-electron chi connectivity index (χ4n) is 2.96. The molecule has 26 heavy (non-hydrogen) atoms. The highest BCUT2D eigenvalue weighted by Gasteiger charge is 2.34. The number of anilines is 1. The molecular formula is C18H20N4O4.